The lowest BCUT2D eigenvalue weighted by atomic mass is 9.87. The van der Waals surface area contributed by atoms with Gasteiger partial charge in [0.25, 0.3) is 0 Å². The molecule has 2 amide bonds. The standard InChI is InChI=1S/C14H17ClN2O4/c1-8(13(18)19)9-6-17(7-9)14(20)16-11-5-10(15)3-4-12(11)21-2/h3-5,8-9H,6-7H2,1-2H3,(H,16,20)(H,18,19). The molecule has 1 aliphatic heterocycles. The Morgan fingerprint density at radius 1 is 1.48 bits per heavy atom. The van der Waals surface area contributed by atoms with E-state index >= 15 is 0 Å². The summed E-state index contributed by atoms with van der Waals surface area (Å²) in [7, 11) is 1.51. The van der Waals surface area contributed by atoms with Gasteiger partial charge >= 0.3 is 12.0 Å². The molecule has 0 radical (unpaired) electrons. The van der Waals surface area contributed by atoms with Gasteiger partial charge in [0.1, 0.15) is 5.75 Å². The highest BCUT2D eigenvalue weighted by Gasteiger charge is 2.37. The highest BCUT2D eigenvalue weighted by molar-refractivity contribution is 6.31. The predicted octanol–water partition coefficient (Wildman–Crippen LogP) is 2.53. The Bertz CT molecular complexity index is 558. The largest absolute Gasteiger partial charge is 0.495 e. The fourth-order valence-electron chi connectivity index (χ4n) is 2.17. The zero-order valence-electron chi connectivity index (χ0n) is 11.8. The van der Waals surface area contributed by atoms with Crippen LogP contribution in [0.4, 0.5) is 10.5 Å². The van der Waals surface area contributed by atoms with Gasteiger partial charge in [0.2, 0.25) is 0 Å². The molecule has 114 valence electrons. The number of nitrogens with one attached hydrogen (secondary N) is 1. The van der Waals surface area contributed by atoms with Crippen LogP contribution >= 0.6 is 11.6 Å². The Balaban J connectivity index is 1.95. The van der Waals surface area contributed by atoms with Crippen LogP contribution < -0.4 is 10.1 Å². The van der Waals surface area contributed by atoms with Crippen molar-refractivity contribution in [2.75, 3.05) is 25.5 Å². The molecule has 1 aromatic rings. The highest BCUT2D eigenvalue weighted by Crippen LogP contribution is 2.29. The Kier molecular flexibility index (Phi) is 4.57. The number of nitrogens with zero attached hydrogens (tertiary/aromatic N) is 1. The summed E-state index contributed by atoms with van der Waals surface area (Å²) in [5, 5.41) is 12.1. The minimum absolute atomic E-state index is 0.00509. The van der Waals surface area contributed by atoms with Crippen LogP contribution in [0.15, 0.2) is 18.2 Å². The average molecular weight is 313 g/mol. The number of hydrogen-bond donors (Lipinski definition) is 2. The van der Waals surface area contributed by atoms with Crippen LogP contribution in [-0.4, -0.2) is 42.2 Å². The van der Waals surface area contributed by atoms with Gasteiger partial charge in [-0.05, 0) is 18.2 Å². The van der Waals surface area contributed by atoms with Gasteiger partial charge in [0.15, 0.2) is 0 Å². The molecule has 1 heterocycles. The van der Waals surface area contributed by atoms with Crippen molar-refractivity contribution in [1.82, 2.24) is 4.90 Å². The molecule has 0 spiro atoms. The van der Waals surface area contributed by atoms with Crippen molar-refractivity contribution in [2.45, 2.75) is 6.92 Å². The summed E-state index contributed by atoms with van der Waals surface area (Å²) in [5.41, 5.74) is 0.490. The zero-order valence-corrected chi connectivity index (χ0v) is 12.6. The topological polar surface area (TPSA) is 78.9 Å². The molecule has 0 saturated carbocycles. The molecule has 21 heavy (non-hydrogen) atoms. The van der Waals surface area contributed by atoms with Crippen LogP contribution in [0.3, 0.4) is 0 Å². The van der Waals surface area contributed by atoms with Gasteiger partial charge in [0, 0.05) is 24.0 Å². The number of benzene rings is 1. The van der Waals surface area contributed by atoms with E-state index in [9.17, 15) is 9.59 Å². The maximum absolute atomic E-state index is 12.1. The molecule has 0 bridgehead atoms. The van der Waals surface area contributed by atoms with Crippen molar-refractivity contribution in [2.24, 2.45) is 11.8 Å². The lowest BCUT2D eigenvalue weighted by Crippen LogP contribution is -2.54. The molecule has 1 atom stereocenters. The monoisotopic (exact) mass is 312 g/mol. The van der Waals surface area contributed by atoms with E-state index in [0.29, 0.717) is 29.5 Å². The SMILES string of the molecule is COc1ccc(Cl)cc1NC(=O)N1CC(C(C)C(=O)O)C1. The van der Waals surface area contributed by atoms with Crippen molar-refractivity contribution in [3.63, 3.8) is 0 Å². The molecule has 7 heteroatoms. The summed E-state index contributed by atoms with van der Waals surface area (Å²) in [4.78, 5) is 24.5. The lowest BCUT2D eigenvalue weighted by molar-refractivity contribution is -0.144. The van der Waals surface area contributed by atoms with Gasteiger partial charge in [-0.15, -0.1) is 0 Å². The first kappa shape index (κ1) is 15.4. The number of rotatable bonds is 4. The number of halogens is 1. The van der Waals surface area contributed by atoms with Crippen molar-refractivity contribution in [1.29, 1.82) is 0 Å². The Morgan fingerprint density at radius 3 is 2.71 bits per heavy atom. The lowest BCUT2D eigenvalue weighted by Gasteiger charge is -2.41. The summed E-state index contributed by atoms with van der Waals surface area (Å²) in [5.74, 6) is -0.774. The van der Waals surface area contributed by atoms with Crippen LogP contribution in [0.1, 0.15) is 6.92 Å². The zero-order chi connectivity index (χ0) is 15.6. The summed E-state index contributed by atoms with van der Waals surface area (Å²) < 4.78 is 5.15. The number of anilines is 1. The molecule has 0 aliphatic carbocycles. The van der Waals surface area contributed by atoms with E-state index in [-0.39, 0.29) is 11.9 Å². The fraction of sp³-hybridized carbons (Fsp3) is 0.429. The van der Waals surface area contributed by atoms with Crippen LogP contribution in [0.5, 0.6) is 5.75 Å². The number of carboxylic acids is 1. The normalized spacial score (nSPS) is 16.0. The van der Waals surface area contributed by atoms with Crippen LogP contribution in [0.2, 0.25) is 5.02 Å². The molecule has 1 aliphatic rings. The van der Waals surface area contributed by atoms with Crippen LogP contribution in [0.25, 0.3) is 0 Å². The van der Waals surface area contributed by atoms with Crippen molar-refractivity contribution in [3.8, 4) is 5.75 Å². The molecular weight excluding hydrogens is 296 g/mol. The van der Waals surface area contributed by atoms with Gasteiger partial charge in [-0.25, -0.2) is 4.79 Å². The van der Waals surface area contributed by atoms with E-state index in [2.05, 4.69) is 5.32 Å². The van der Waals surface area contributed by atoms with Gasteiger partial charge in [-0.1, -0.05) is 18.5 Å². The summed E-state index contributed by atoms with van der Waals surface area (Å²) in [6.07, 6.45) is 0. The second-order valence-corrected chi connectivity index (χ2v) is 5.50. The summed E-state index contributed by atoms with van der Waals surface area (Å²) >= 11 is 5.90. The first-order valence-corrected chi connectivity index (χ1v) is 6.92. The molecular formula is C14H17ClN2O4. The van der Waals surface area contributed by atoms with Crippen molar-refractivity contribution < 1.29 is 19.4 Å². The number of carboxylic acid groups (broad SMARTS) is 1. The van der Waals surface area contributed by atoms with Gasteiger partial charge in [-0.2, -0.15) is 0 Å². The molecule has 2 rings (SSSR count). The third-order valence-electron chi connectivity index (χ3n) is 3.70. The predicted molar refractivity (Wildman–Crippen MR) is 78.9 cm³/mol. The van der Waals surface area contributed by atoms with E-state index < -0.39 is 11.9 Å². The number of urea groups is 1. The molecule has 1 aromatic carbocycles. The molecule has 6 nitrogen and oxygen atoms in total. The number of methoxy groups -OCH3 is 1. The number of hydrogen-bond acceptors (Lipinski definition) is 3. The number of ether oxygens (including phenoxy) is 1. The first-order valence-electron chi connectivity index (χ1n) is 6.54. The van der Waals surface area contributed by atoms with Crippen LogP contribution in [-0.2, 0) is 4.79 Å². The molecule has 1 unspecified atom stereocenters. The quantitative estimate of drug-likeness (QED) is 0.895. The first-order chi connectivity index (χ1) is 9.92. The third kappa shape index (κ3) is 3.39. The molecule has 1 saturated heterocycles. The second kappa shape index (κ2) is 6.22. The minimum atomic E-state index is -0.837. The van der Waals surface area contributed by atoms with E-state index in [0.717, 1.165) is 0 Å². The fourth-order valence-corrected chi connectivity index (χ4v) is 2.34. The molecule has 1 fully saturated rings. The van der Waals surface area contributed by atoms with Crippen LogP contribution in [0, 0.1) is 11.8 Å². The van der Waals surface area contributed by atoms with E-state index in [1.54, 1.807) is 30.0 Å². The number of carbonyl (C=O) groups excluding carboxylic acids is 1. The Morgan fingerprint density at radius 2 is 2.14 bits per heavy atom. The maximum Gasteiger partial charge on any atom is 0.321 e. The molecule has 0 aromatic heterocycles. The summed E-state index contributed by atoms with van der Waals surface area (Å²) in [6.45, 7) is 2.52. The second-order valence-electron chi connectivity index (χ2n) is 5.07. The van der Waals surface area contributed by atoms with Gasteiger partial charge in [0.05, 0.1) is 18.7 Å². The van der Waals surface area contributed by atoms with Crippen molar-refractivity contribution >= 4 is 29.3 Å². The number of aliphatic carboxylic acids is 1. The van der Waals surface area contributed by atoms with E-state index in [1.165, 1.54) is 7.11 Å². The van der Waals surface area contributed by atoms with Crippen molar-refractivity contribution in [3.05, 3.63) is 23.2 Å². The van der Waals surface area contributed by atoms with E-state index in [1.807, 2.05) is 0 Å². The Labute approximate surface area is 127 Å². The average Bonchev–Trinajstić information content (AvgIpc) is 2.36. The van der Waals surface area contributed by atoms with Gasteiger partial charge in [-0.3, -0.25) is 4.79 Å². The number of amides is 2. The third-order valence-corrected chi connectivity index (χ3v) is 3.93. The summed E-state index contributed by atoms with van der Waals surface area (Å²) in [6, 6.07) is 4.66. The minimum Gasteiger partial charge on any atom is -0.495 e. The molecule has 2 N–H and O–H groups in total. The Hall–Kier alpha value is -1.95. The smallest absolute Gasteiger partial charge is 0.321 e. The highest BCUT2D eigenvalue weighted by atomic mass is 35.5. The van der Waals surface area contributed by atoms with Gasteiger partial charge < -0.3 is 20.1 Å². The van der Waals surface area contributed by atoms with E-state index in [4.69, 9.17) is 21.4 Å². The number of likely N-dealkylation sites (tertiary alicyclic amines) is 1. The maximum atomic E-state index is 12.1. The number of carbonyl (C=O) groups is 2.